The quantitative estimate of drug-likeness (QED) is 0.662. The molecule has 1 rings (SSSR count). The fourth-order valence-electron chi connectivity index (χ4n) is 2.00. The molecule has 0 aromatic heterocycles. The van der Waals surface area contributed by atoms with Crippen molar-refractivity contribution in [3.63, 3.8) is 0 Å². The third-order valence-corrected chi connectivity index (χ3v) is 3.29. The number of rotatable bonds is 1. The Hall–Kier alpha value is -1.04. The predicted octanol–water partition coefficient (Wildman–Crippen LogP) is 2.04. The van der Waals surface area contributed by atoms with Gasteiger partial charge in [-0.05, 0) is 24.7 Å². The van der Waals surface area contributed by atoms with Crippen LogP contribution in [0, 0.1) is 28.6 Å². The van der Waals surface area contributed by atoms with Crippen LogP contribution in [0.5, 0.6) is 0 Å². The van der Waals surface area contributed by atoms with Gasteiger partial charge in [0.1, 0.15) is 5.92 Å². The molecule has 1 aliphatic heterocycles. The maximum Gasteiger partial charge on any atom is 0.239 e. The second-order valence-corrected chi connectivity index (χ2v) is 5.49. The summed E-state index contributed by atoms with van der Waals surface area (Å²) in [7, 11) is 0. The van der Waals surface area contributed by atoms with Gasteiger partial charge in [0.05, 0.1) is 6.07 Å². The van der Waals surface area contributed by atoms with Crippen molar-refractivity contribution in [3.8, 4) is 6.07 Å². The summed E-state index contributed by atoms with van der Waals surface area (Å²) in [6.07, 6.45) is 1.06. The molecule has 2 unspecified atom stereocenters. The molecule has 0 aromatic carbocycles. The highest BCUT2D eigenvalue weighted by Gasteiger charge is 2.34. The van der Waals surface area contributed by atoms with Crippen molar-refractivity contribution in [1.82, 2.24) is 4.90 Å². The SMILES string of the molecule is CC(C#N)C(=O)N1CCC(C(C)(C)C)C1. The maximum atomic E-state index is 11.8. The Morgan fingerprint density at radius 1 is 1.53 bits per heavy atom. The van der Waals surface area contributed by atoms with E-state index in [9.17, 15) is 4.79 Å². The second kappa shape index (κ2) is 4.22. The van der Waals surface area contributed by atoms with E-state index in [-0.39, 0.29) is 11.3 Å². The highest BCUT2D eigenvalue weighted by Crippen LogP contribution is 2.33. The van der Waals surface area contributed by atoms with E-state index in [0.717, 1.165) is 19.5 Å². The third-order valence-electron chi connectivity index (χ3n) is 3.29. The summed E-state index contributed by atoms with van der Waals surface area (Å²) in [6.45, 7) is 9.92. The summed E-state index contributed by atoms with van der Waals surface area (Å²) in [4.78, 5) is 13.6. The minimum atomic E-state index is -0.497. The summed E-state index contributed by atoms with van der Waals surface area (Å²) in [5.74, 6) is 0.0558. The second-order valence-electron chi connectivity index (χ2n) is 5.49. The molecule has 0 spiro atoms. The zero-order valence-corrected chi connectivity index (χ0v) is 10.1. The highest BCUT2D eigenvalue weighted by molar-refractivity contribution is 5.81. The lowest BCUT2D eigenvalue weighted by Gasteiger charge is -2.27. The van der Waals surface area contributed by atoms with Gasteiger partial charge in [0, 0.05) is 13.1 Å². The number of amides is 1. The van der Waals surface area contributed by atoms with Crippen molar-refractivity contribution in [2.45, 2.75) is 34.1 Å². The van der Waals surface area contributed by atoms with Crippen molar-refractivity contribution in [3.05, 3.63) is 0 Å². The number of carbonyl (C=O) groups is 1. The first-order valence-corrected chi connectivity index (χ1v) is 5.54. The van der Waals surface area contributed by atoms with Crippen LogP contribution in [-0.4, -0.2) is 23.9 Å². The molecule has 84 valence electrons. The summed E-state index contributed by atoms with van der Waals surface area (Å²) in [5, 5.41) is 8.69. The van der Waals surface area contributed by atoms with Crippen LogP contribution in [0.25, 0.3) is 0 Å². The van der Waals surface area contributed by atoms with Crippen molar-refractivity contribution in [2.24, 2.45) is 17.3 Å². The lowest BCUT2D eigenvalue weighted by atomic mass is 9.80. The number of carbonyl (C=O) groups excluding carboxylic acids is 1. The molecule has 1 heterocycles. The molecular weight excluding hydrogens is 188 g/mol. The van der Waals surface area contributed by atoms with Gasteiger partial charge in [-0.3, -0.25) is 4.79 Å². The van der Waals surface area contributed by atoms with Gasteiger partial charge < -0.3 is 4.90 Å². The van der Waals surface area contributed by atoms with Crippen LogP contribution in [0.4, 0.5) is 0 Å². The zero-order valence-electron chi connectivity index (χ0n) is 10.1. The molecule has 1 saturated heterocycles. The van der Waals surface area contributed by atoms with Crippen molar-refractivity contribution < 1.29 is 4.79 Å². The van der Waals surface area contributed by atoms with E-state index in [4.69, 9.17) is 5.26 Å². The molecule has 1 amide bonds. The Bertz CT molecular complexity index is 285. The van der Waals surface area contributed by atoms with Crippen LogP contribution < -0.4 is 0 Å². The minimum Gasteiger partial charge on any atom is -0.341 e. The molecule has 0 aromatic rings. The zero-order chi connectivity index (χ0) is 11.6. The molecule has 0 saturated carbocycles. The first kappa shape index (κ1) is 12.0. The van der Waals surface area contributed by atoms with Gasteiger partial charge in [-0.25, -0.2) is 0 Å². The van der Waals surface area contributed by atoms with Crippen LogP contribution in [0.3, 0.4) is 0 Å². The third kappa shape index (κ3) is 2.71. The number of nitriles is 1. The van der Waals surface area contributed by atoms with E-state index in [1.807, 2.05) is 11.0 Å². The molecule has 0 bridgehead atoms. The van der Waals surface area contributed by atoms with Gasteiger partial charge in [0.25, 0.3) is 0 Å². The van der Waals surface area contributed by atoms with Gasteiger partial charge in [-0.15, -0.1) is 0 Å². The van der Waals surface area contributed by atoms with Crippen LogP contribution >= 0.6 is 0 Å². The fraction of sp³-hybridized carbons (Fsp3) is 0.833. The van der Waals surface area contributed by atoms with Crippen LogP contribution in [0.2, 0.25) is 0 Å². The molecule has 15 heavy (non-hydrogen) atoms. The minimum absolute atomic E-state index is 0.00995. The van der Waals surface area contributed by atoms with E-state index in [0.29, 0.717) is 5.92 Å². The maximum absolute atomic E-state index is 11.8. The van der Waals surface area contributed by atoms with Gasteiger partial charge in [0.15, 0.2) is 0 Å². The Morgan fingerprint density at radius 3 is 2.53 bits per heavy atom. The lowest BCUT2D eigenvalue weighted by Crippen LogP contribution is -2.34. The van der Waals surface area contributed by atoms with E-state index in [2.05, 4.69) is 20.8 Å². The molecule has 2 atom stereocenters. The summed E-state index contributed by atoms with van der Waals surface area (Å²) in [5.41, 5.74) is 0.255. The molecule has 0 radical (unpaired) electrons. The number of hydrogen-bond donors (Lipinski definition) is 0. The molecule has 1 fully saturated rings. The van der Waals surface area contributed by atoms with Crippen molar-refractivity contribution >= 4 is 5.91 Å². The highest BCUT2D eigenvalue weighted by atomic mass is 16.2. The van der Waals surface area contributed by atoms with Crippen LogP contribution in [0.15, 0.2) is 0 Å². The van der Waals surface area contributed by atoms with Gasteiger partial charge in [0.2, 0.25) is 5.91 Å². The topological polar surface area (TPSA) is 44.1 Å². The van der Waals surface area contributed by atoms with E-state index in [1.165, 1.54) is 0 Å². The van der Waals surface area contributed by atoms with E-state index >= 15 is 0 Å². The Labute approximate surface area is 92.1 Å². The molecule has 0 aliphatic carbocycles. The normalized spacial score (nSPS) is 23.7. The monoisotopic (exact) mass is 208 g/mol. The largest absolute Gasteiger partial charge is 0.341 e. The standard InChI is InChI=1S/C12H20N2O/c1-9(7-13)11(15)14-6-5-10(8-14)12(2,3)4/h9-10H,5-6,8H2,1-4H3. The first-order valence-electron chi connectivity index (χ1n) is 5.54. The number of hydrogen-bond acceptors (Lipinski definition) is 2. The first-order chi connectivity index (χ1) is 6.86. The van der Waals surface area contributed by atoms with Gasteiger partial charge in [-0.1, -0.05) is 20.8 Å². The fourth-order valence-corrected chi connectivity index (χ4v) is 2.00. The number of likely N-dealkylation sites (tertiary alicyclic amines) is 1. The average molecular weight is 208 g/mol. The lowest BCUT2D eigenvalue weighted by molar-refractivity contribution is -0.132. The average Bonchev–Trinajstić information content (AvgIpc) is 2.63. The summed E-state index contributed by atoms with van der Waals surface area (Å²) in [6, 6.07) is 2.00. The molecular formula is C12H20N2O. The van der Waals surface area contributed by atoms with Crippen molar-refractivity contribution in [2.75, 3.05) is 13.1 Å². The van der Waals surface area contributed by atoms with E-state index in [1.54, 1.807) is 6.92 Å². The van der Waals surface area contributed by atoms with Crippen LogP contribution in [-0.2, 0) is 4.79 Å². The summed E-state index contributed by atoms with van der Waals surface area (Å²) >= 11 is 0. The summed E-state index contributed by atoms with van der Waals surface area (Å²) < 4.78 is 0. The molecule has 3 nitrogen and oxygen atoms in total. The smallest absolute Gasteiger partial charge is 0.239 e. The van der Waals surface area contributed by atoms with Crippen molar-refractivity contribution in [1.29, 1.82) is 5.26 Å². The van der Waals surface area contributed by atoms with Gasteiger partial charge in [-0.2, -0.15) is 5.26 Å². The predicted molar refractivity (Wildman–Crippen MR) is 58.9 cm³/mol. The molecule has 0 N–H and O–H groups in total. The Morgan fingerprint density at radius 2 is 2.13 bits per heavy atom. The molecule has 3 heteroatoms. The Balaban J connectivity index is 2.58. The molecule has 1 aliphatic rings. The van der Waals surface area contributed by atoms with Gasteiger partial charge >= 0.3 is 0 Å². The Kier molecular flexibility index (Phi) is 3.38. The van der Waals surface area contributed by atoms with Crippen LogP contribution in [0.1, 0.15) is 34.1 Å². The number of nitrogens with zero attached hydrogens (tertiary/aromatic N) is 2. The van der Waals surface area contributed by atoms with E-state index < -0.39 is 5.92 Å².